The third-order valence-corrected chi connectivity index (χ3v) is 8.18. The van der Waals surface area contributed by atoms with Crippen LogP contribution in [0.3, 0.4) is 0 Å². The van der Waals surface area contributed by atoms with Crippen molar-refractivity contribution < 1.29 is 17.2 Å². The molecule has 5 aromatic rings. The lowest BCUT2D eigenvalue weighted by Crippen LogP contribution is -2.31. The lowest BCUT2D eigenvalue weighted by molar-refractivity contribution is 0.212. The molecule has 0 aliphatic carbocycles. The Balaban J connectivity index is 1.37. The molecule has 0 unspecified atom stereocenters. The summed E-state index contributed by atoms with van der Waals surface area (Å²) >= 11 is 0. The minimum absolute atomic E-state index is 0.0571. The molecule has 0 bridgehead atoms. The lowest BCUT2D eigenvalue weighted by Gasteiger charge is -2.28. The van der Waals surface area contributed by atoms with Crippen molar-refractivity contribution in [2.45, 2.75) is 24.6 Å². The summed E-state index contributed by atoms with van der Waals surface area (Å²) in [6, 6.07) is 10.1. The highest BCUT2D eigenvalue weighted by atomic mass is 32.2. The summed E-state index contributed by atoms with van der Waals surface area (Å²) in [5.41, 5.74) is 4.91. The SMILES string of the molecule is CN1CCC(n2cc(-c3ccc4c(-c5cc(CS(C)(=O)=O)cc(-c6ncc(F)cc6F)c5)cnn4c3)cn2)CC1. The number of sulfone groups is 1. The van der Waals surface area contributed by atoms with Crippen LogP contribution in [0.2, 0.25) is 0 Å². The highest BCUT2D eigenvalue weighted by Gasteiger charge is 2.20. The molecule has 0 amide bonds. The van der Waals surface area contributed by atoms with Gasteiger partial charge in [0.1, 0.15) is 11.5 Å². The van der Waals surface area contributed by atoms with E-state index in [1.165, 1.54) is 0 Å². The van der Waals surface area contributed by atoms with Crippen LogP contribution in [0.25, 0.3) is 39.0 Å². The Hall–Kier alpha value is -3.96. The average Bonchev–Trinajstić information content (AvgIpc) is 3.55. The number of hydrogen-bond acceptors (Lipinski definition) is 6. The molecule has 1 aromatic carbocycles. The van der Waals surface area contributed by atoms with E-state index in [4.69, 9.17) is 0 Å². The summed E-state index contributed by atoms with van der Waals surface area (Å²) in [6.07, 6.45) is 11.8. The Labute approximate surface area is 230 Å². The zero-order chi connectivity index (χ0) is 28.0. The number of fused-ring (bicyclic) bond motifs is 1. The number of likely N-dealkylation sites (tertiary alicyclic amines) is 1. The predicted octanol–water partition coefficient (Wildman–Crippen LogP) is 5.02. The van der Waals surface area contributed by atoms with Crippen molar-refractivity contribution in [3.63, 3.8) is 0 Å². The lowest BCUT2D eigenvalue weighted by atomic mass is 9.99. The van der Waals surface area contributed by atoms with Crippen molar-refractivity contribution in [2.75, 3.05) is 26.4 Å². The molecule has 1 saturated heterocycles. The van der Waals surface area contributed by atoms with Gasteiger partial charge in [0, 0.05) is 47.0 Å². The second-order valence-electron chi connectivity index (χ2n) is 10.5. The second-order valence-corrected chi connectivity index (χ2v) is 12.7. The minimum Gasteiger partial charge on any atom is -0.306 e. The van der Waals surface area contributed by atoms with Crippen LogP contribution in [-0.2, 0) is 15.6 Å². The fraction of sp³-hybridized carbons (Fsp3) is 0.276. The zero-order valence-corrected chi connectivity index (χ0v) is 22.9. The normalized spacial score (nSPS) is 15.2. The molecule has 1 aliphatic rings. The fourth-order valence-corrected chi connectivity index (χ4v) is 6.09. The van der Waals surface area contributed by atoms with Crippen molar-refractivity contribution in [3.05, 3.63) is 84.6 Å². The van der Waals surface area contributed by atoms with E-state index in [1.54, 1.807) is 28.9 Å². The third-order valence-electron chi connectivity index (χ3n) is 7.33. The predicted molar refractivity (Wildman–Crippen MR) is 149 cm³/mol. The number of pyridine rings is 2. The summed E-state index contributed by atoms with van der Waals surface area (Å²) in [5, 5.41) is 9.17. The number of halogens is 2. The van der Waals surface area contributed by atoms with Gasteiger partial charge < -0.3 is 4.90 Å². The molecular weight excluding hydrogens is 534 g/mol. The quantitative estimate of drug-likeness (QED) is 0.289. The summed E-state index contributed by atoms with van der Waals surface area (Å²) in [6.45, 7) is 2.11. The first-order valence-corrected chi connectivity index (χ1v) is 15.0. The van der Waals surface area contributed by atoms with E-state index in [0.29, 0.717) is 22.7 Å². The summed E-state index contributed by atoms with van der Waals surface area (Å²) in [5.74, 6) is -1.85. The number of benzene rings is 1. The summed E-state index contributed by atoms with van der Waals surface area (Å²) < 4.78 is 56.1. The number of rotatable bonds is 6. The standard InChI is InChI=1S/C29H28F2N6O2S/c1-35-7-5-25(6-8-35)36-17-23(13-33-36)20-3-4-28-26(15-34-37(28)16-20)21-9-19(18-40(2,38)39)10-22(11-21)29-27(31)12-24(30)14-32-29/h3-4,9-17,25H,5-8,18H2,1-2H3. The van der Waals surface area contributed by atoms with Gasteiger partial charge >= 0.3 is 0 Å². The highest BCUT2D eigenvalue weighted by molar-refractivity contribution is 7.89. The molecule has 0 atom stereocenters. The smallest absolute Gasteiger partial charge is 0.152 e. The molecule has 6 rings (SSSR count). The number of piperidine rings is 1. The van der Waals surface area contributed by atoms with Crippen LogP contribution in [0.4, 0.5) is 8.78 Å². The van der Waals surface area contributed by atoms with Crippen LogP contribution in [0.15, 0.2) is 67.4 Å². The monoisotopic (exact) mass is 562 g/mol. The van der Waals surface area contributed by atoms with Gasteiger partial charge in [-0.1, -0.05) is 6.07 Å². The van der Waals surface area contributed by atoms with Gasteiger partial charge in [-0.05, 0) is 68.4 Å². The van der Waals surface area contributed by atoms with Crippen molar-refractivity contribution in [2.24, 2.45) is 0 Å². The molecule has 11 heteroatoms. The summed E-state index contributed by atoms with van der Waals surface area (Å²) in [7, 11) is -1.23. The Morgan fingerprint density at radius 1 is 0.900 bits per heavy atom. The zero-order valence-electron chi connectivity index (χ0n) is 22.1. The maximum atomic E-state index is 14.6. The maximum Gasteiger partial charge on any atom is 0.152 e. The van der Waals surface area contributed by atoms with Crippen LogP contribution >= 0.6 is 0 Å². The van der Waals surface area contributed by atoms with Gasteiger partial charge in [0.25, 0.3) is 0 Å². The van der Waals surface area contributed by atoms with Crippen molar-refractivity contribution in [1.82, 2.24) is 29.3 Å². The first-order valence-electron chi connectivity index (χ1n) is 13.0. The molecule has 1 fully saturated rings. The largest absolute Gasteiger partial charge is 0.306 e. The van der Waals surface area contributed by atoms with E-state index >= 15 is 0 Å². The molecule has 0 spiro atoms. The fourth-order valence-electron chi connectivity index (χ4n) is 5.32. The maximum absolute atomic E-state index is 14.6. The molecule has 8 nitrogen and oxygen atoms in total. The van der Waals surface area contributed by atoms with Crippen LogP contribution in [0.5, 0.6) is 0 Å². The Morgan fingerprint density at radius 2 is 1.68 bits per heavy atom. The molecular formula is C29H28F2N6O2S. The Bertz CT molecular complexity index is 1820. The molecule has 0 N–H and O–H groups in total. The van der Waals surface area contributed by atoms with E-state index in [1.807, 2.05) is 24.5 Å². The van der Waals surface area contributed by atoms with E-state index in [-0.39, 0.29) is 11.4 Å². The van der Waals surface area contributed by atoms with Crippen LogP contribution < -0.4 is 0 Å². The van der Waals surface area contributed by atoms with Gasteiger partial charge in [-0.2, -0.15) is 10.2 Å². The first-order chi connectivity index (χ1) is 19.1. The average molecular weight is 563 g/mol. The highest BCUT2D eigenvalue weighted by Crippen LogP contribution is 2.33. The van der Waals surface area contributed by atoms with Crippen LogP contribution in [-0.4, -0.2) is 64.1 Å². The van der Waals surface area contributed by atoms with Gasteiger partial charge in [0.05, 0.1) is 35.9 Å². The molecule has 1 aliphatic heterocycles. The first kappa shape index (κ1) is 26.3. The van der Waals surface area contributed by atoms with Gasteiger partial charge in [0.15, 0.2) is 15.7 Å². The topological polar surface area (TPSA) is 85.4 Å². The van der Waals surface area contributed by atoms with E-state index in [2.05, 4.69) is 38.0 Å². The molecule has 206 valence electrons. The third kappa shape index (κ3) is 5.39. The van der Waals surface area contributed by atoms with Crippen molar-refractivity contribution in [1.29, 1.82) is 0 Å². The minimum atomic E-state index is -3.37. The molecule has 0 saturated carbocycles. The number of nitrogens with zero attached hydrogens (tertiary/aromatic N) is 6. The Morgan fingerprint density at radius 3 is 2.42 bits per heavy atom. The van der Waals surface area contributed by atoms with Crippen LogP contribution in [0.1, 0.15) is 24.4 Å². The van der Waals surface area contributed by atoms with Gasteiger partial charge in [-0.15, -0.1) is 0 Å². The van der Waals surface area contributed by atoms with E-state index in [9.17, 15) is 17.2 Å². The second kappa shape index (κ2) is 10.2. The number of hydrogen-bond donors (Lipinski definition) is 0. The van der Waals surface area contributed by atoms with Gasteiger partial charge in [0.2, 0.25) is 0 Å². The van der Waals surface area contributed by atoms with Crippen molar-refractivity contribution >= 4 is 15.4 Å². The van der Waals surface area contributed by atoms with E-state index < -0.39 is 21.5 Å². The van der Waals surface area contributed by atoms with Gasteiger partial charge in [-0.25, -0.2) is 21.7 Å². The molecule has 4 aromatic heterocycles. The van der Waals surface area contributed by atoms with Crippen LogP contribution in [0, 0.1) is 11.6 Å². The molecule has 40 heavy (non-hydrogen) atoms. The Kier molecular flexibility index (Phi) is 6.71. The van der Waals surface area contributed by atoms with E-state index in [0.717, 1.165) is 66.7 Å². The van der Waals surface area contributed by atoms with Gasteiger partial charge in [-0.3, -0.25) is 9.67 Å². The van der Waals surface area contributed by atoms with Crippen molar-refractivity contribution in [3.8, 4) is 33.5 Å². The summed E-state index contributed by atoms with van der Waals surface area (Å²) in [4.78, 5) is 6.25. The molecule has 0 radical (unpaired) electrons. The number of aromatic nitrogens is 5. The molecule has 5 heterocycles.